The lowest BCUT2D eigenvalue weighted by Gasteiger charge is -2.32. The van der Waals surface area contributed by atoms with Crippen molar-refractivity contribution in [3.63, 3.8) is 0 Å². The number of hydrogen-bond donors (Lipinski definition) is 3. The van der Waals surface area contributed by atoms with Crippen molar-refractivity contribution in [3.05, 3.63) is 29.0 Å². The molecular weight excluding hydrogens is 241 g/mol. The first-order valence-electron chi connectivity index (χ1n) is 5.83. The van der Waals surface area contributed by atoms with E-state index in [2.05, 4.69) is 10.6 Å². The molecule has 1 saturated heterocycles. The highest BCUT2D eigenvalue weighted by molar-refractivity contribution is 6.31. The van der Waals surface area contributed by atoms with Gasteiger partial charge >= 0.3 is 0 Å². The van der Waals surface area contributed by atoms with Crippen LogP contribution in [0.15, 0.2) is 18.2 Å². The predicted molar refractivity (Wildman–Crippen MR) is 68.9 cm³/mol. The van der Waals surface area contributed by atoms with Gasteiger partial charge in [0.25, 0.3) is 0 Å². The lowest BCUT2D eigenvalue weighted by atomic mass is 9.93. The average Bonchev–Trinajstić information content (AvgIpc) is 2.34. The Morgan fingerprint density at radius 1 is 1.53 bits per heavy atom. The highest BCUT2D eigenvalue weighted by Gasteiger charge is 2.23. The molecular formula is C12H17ClFN3. The molecule has 0 saturated carbocycles. The predicted octanol–water partition coefficient (Wildman–Crippen LogP) is 1.83. The SMILES string of the molecule is NCC1CNCCC1Nc1ccc(F)c(Cl)c1. The second kappa shape index (κ2) is 5.67. The Balaban J connectivity index is 2.05. The smallest absolute Gasteiger partial charge is 0.141 e. The number of halogens is 2. The number of piperidine rings is 1. The van der Waals surface area contributed by atoms with Crippen molar-refractivity contribution in [2.24, 2.45) is 11.7 Å². The van der Waals surface area contributed by atoms with Gasteiger partial charge in [0.15, 0.2) is 0 Å². The number of nitrogens with one attached hydrogen (secondary N) is 2. The molecule has 1 fully saturated rings. The number of anilines is 1. The van der Waals surface area contributed by atoms with E-state index in [1.807, 2.05) is 0 Å². The van der Waals surface area contributed by atoms with Crippen LogP contribution in [0, 0.1) is 11.7 Å². The fraction of sp³-hybridized carbons (Fsp3) is 0.500. The first-order chi connectivity index (χ1) is 8.20. The maximum absolute atomic E-state index is 13.0. The van der Waals surface area contributed by atoms with E-state index in [0.29, 0.717) is 18.5 Å². The van der Waals surface area contributed by atoms with E-state index in [9.17, 15) is 4.39 Å². The Morgan fingerprint density at radius 2 is 2.35 bits per heavy atom. The third kappa shape index (κ3) is 3.09. The van der Waals surface area contributed by atoms with Crippen LogP contribution < -0.4 is 16.4 Å². The molecule has 1 aliphatic rings. The zero-order valence-electron chi connectivity index (χ0n) is 9.55. The molecule has 1 aromatic carbocycles. The molecule has 17 heavy (non-hydrogen) atoms. The minimum atomic E-state index is -0.391. The van der Waals surface area contributed by atoms with Gasteiger partial charge in [0.1, 0.15) is 5.82 Å². The second-order valence-corrected chi connectivity index (χ2v) is 4.78. The Bertz CT molecular complexity index is 386. The van der Waals surface area contributed by atoms with Crippen LogP contribution in [0.25, 0.3) is 0 Å². The van der Waals surface area contributed by atoms with E-state index in [4.69, 9.17) is 17.3 Å². The van der Waals surface area contributed by atoms with Gasteiger partial charge in [0.05, 0.1) is 5.02 Å². The summed E-state index contributed by atoms with van der Waals surface area (Å²) in [5, 5.41) is 6.84. The zero-order valence-corrected chi connectivity index (χ0v) is 10.3. The molecule has 2 rings (SSSR count). The molecule has 94 valence electrons. The van der Waals surface area contributed by atoms with Gasteiger partial charge in [-0.2, -0.15) is 0 Å². The monoisotopic (exact) mass is 257 g/mol. The summed E-state index contributed by atoms with van der Waals surface area (Å²) in [6, 6.07) is 5.02. The highest BCUT2D eigenvalue weighted by Crippen LogP contribution is 2.22. The molecule has 1 aliphatic heterocycles. The molecule has 3 nitrogen and oxygen atoms in total. The van der Waals surface area contributed by atoms with Crippen LogP contribution in [0.4, 0.5) is 10.1 Å². The molecule has 1 aromatic rings. The van der Waals surface area contributed by atoms with Crippen LogP contribution in [0.5, 0.6) is 0 Å². The van der Waals surface area contributed by atoms with Gasteiger partial charge < -0.3 is 16.4 Å². The lowest BCUT2D eigenvalue weighted by Crippen LogP contribution is -2.47. The molecule has 0 amide bonds. The van der Waals surface area contributed by atoms with E-state index in [1.165, 1.54) is 6.07 Å². The normalized spacial score (nSPS) is 24.6. The van der Waals surface area contributed by atoms with Crippen molar-refractivity contribution < 1.29 is 4.39 Å². The number of nitrogens with two attached hydrogens (primary N) is 1. The fourth-order valence-corrected chi connectivity index (χ4v) is 2.34. The molecule has 0 aromatic heterocycles. The largest absolute Gasteiger partial charge is 0.382 e. The minimum absolute atomic E-state index is 0.147. The maximum Gasteiger partial charge on any atom is 0.141 e. The van der Waals surface area contributed by atoms with E-state index in [-0.39, 0.29) is 5.02 Å². The lowest BCUT2D eigenvalue weighted by molar-refractivity contribution is 0.351. The molecule has 0 radical (unpaired) electrons. The quantitative estimate of drug-likeness (QED) is 0.774. The van der Waals surface area contributed by atoms with Gasteiger partial charge in [-0.05, 0) is 37.7 Å². The molecule has 4 N–H and O–H groups in total. The summed E-state index contributed by atoms with van der Waals surface area (Å²) in [6.07, 6.45) is 1.01. The van der Waals surface area contributed by atoms with Gasteiger partial charge in [0.2, 0.25) is 0 Å². The maximum atomic E-state index is 13.0. The van der Waals surface area contributed by atoms with Crippen LogP contribution in [0.3, 0.4) is 0 Å². The Morgan fingerprint density at radius 3 is 3.06 bits per heavy atom. The number of hydrogen-bond acceptors (Lipinski definition) is 3. The first kappa shape index (κ1) is 12.6. The van der Waals surface area contributed by atoms with Crippen LogP contribution in [0.1, 0.15) is 6.42 Å². The summed E-state index contributed by atoms with van der Waals surface area (Å²) in [6.45, 7) is 2.53. The van der Waals surface area contributed by atoms with Crippen molar-refractivity contribution in [1.82, 2.24) is 5.32 Å². The van der Waals surface area contributed by atoms with Crippen LogP contribution >= 0.6 is 11.6 Å². The molecule has 1 heterocycles. The molecule has 2 unspecified atom stereocenters. The van der Waals surface area contributed by atoms with Gasteiger partial charge in [0, 0.05) is 24.2 Å². The van der Waals surface area contributed by atoms with E-state index in [0.717, 1.165) is 25.2 Å². The van der Waals surface area contributed by atoms with Gasteiger partial charge in [-0.3, -0.25) is 0 Å². The Labute approximate surface area is 106 Å². The molecule has 2 atom stereocenters. The third-order valence-corrected chi connectivity index (χ3v) is 3.47. The summed E-state index contributed by atoms with van der Waals surface area (Å²) in [4.78, 5) is 0. The Kier molecular flexibility index (Phi) is 4.20. The first-order valence-corrected chi connectivity index (χ1v) is 6.21. The number of rotatable bonds is 3. The van der Waals surface area contributed by atoms with Crippen LogP contribution in [-0.2, 0) is 0 Å². The topological polar surface area (TPSA) is 50.1 Å². The molecule has 0 aliphatic carbocycles. The van der Waals surface area contributed by atoms with Crippen molar-refractivity contribution in [3.8, 4) is 0 Å². The van der Waals surface area contributed by atoms with Crippen molar-refractivity contribution in [2.75, 3.05) is 25.0 Å². The summed E-state index contributed by atoms with van der Waals surface area (Å²) in [5.74, 6) is 0.00507. The van der Waals surface area contributed by atoms with Gasteiger partial charge in [-0.25, -0.2) is 4.39 Å². The summed E-state index contributed by atoms with van der Waals surface area (Å²) < 4.78 is 13.0. The van der Waals surface area contributed by atoms with E-state index >= 15 is 0 Å². The standard InChI is InChI=1S/C12H17ClFN3/c13-10-5-9(1-2-11(10)14)17-12-3-4-16-7-8(12)6-15/h1-2,5,8,12,16-17H,3-4,6-7,15H2. The van der Waals surface area contributed by atoms with Gasteiger partial charge in [-0.15, -0.1) is 0 Å². The Hall–Kier alpha value is -0.840. The van der Waals surface area contributed by atoms with Crippen LogP contribution in [-0.4, -0.2) is 25.7 Å². The van der Waals surface area contributed by atoms with E-state index < -0.39 is 5.82 Å². The van der Waals surface area contributed by atoms with Crippen LogP contribution in [0.2, 0.25) is 5.02 Å². The highest BCUT2D eigenvalue weighted by atomic mass is 35.5. The molecule has 0 spiro atoms. The summed E-state index contributed by atoms with van der Waals surface area (Å²) in [7, 11) is 0. The second-order valence-electron chi connectivity index (χ2n) is 4.37. The molecule has 0 bridgehead atoms. The zero-order chi connectivity index (χ0) is 12.3. The van der Waals surface area contributed by atoms with Crippen molar-refractivity contribution in [1.29, 1.82) is 0 Å². The van der Waals surface area contributed by atoms with E-state index in [1.54, 1.807) is 12.1 Å². The minimum Gasteiger partial charge on any atom is -0.382 e. The fourth-order valence-electron chi connectivity index (χ4n) is 2.16. The van der Waals surface area contributed by atoms with Crippen molar-refractivity contribution in [2.45, 2.75) is 12.5 Å². The number of benzene rings is 1. The average molecular weight is 258 g/mol. The summed E-state index contributed by atoms with van der Waals surface area (Å²) in [5.41, 5.74) is 6.58. The van der Waals surface area contributed by atoms with Gasteiger partial charge in [-0.1, -0.05) is 11.6 Å². The third-order valence-electron chi connectivity index (χ3n) is 3.18. The van der Waals surface area contributed by atoms with Crippen molar-refractivity contribution >= 4 is 17.3 Å². The summed E-state index contributed by atoms with van der Waals surface area (Å²) >= 11 is 5.75. The molecule has 5 heteroatoms.